The van der Waals surface area contributed by atoms with Crippen molar-refractivity contribution in [1.82, 2.24) is 29.9 Å². The fraction of sp³-hybridized carbons (Fsp3) is 0.133. The molecule has 0 aliphatic carbocycles. The smallest absolute Gasteiger partial charge is 0.166 e. The predicted octanol–water partition coefficient (Wildman–Crippen LogP) is 24.5. The van der Waals surface area contributed by atoms with Gasteiger partial charge in [0.05, 0.1) is 18.2 Å². The number of halogens is 1. The lowest BCUT2D eigenvalue weighted by molar-refractivity contribution is 0.590. The third-order valence-electron chi connectivity index (χ3n) is 17.7. The van der Waals surface area contributed by atoms with E-state index in [4.69, 9.17) is 45.6 Å². The van der Waals surface area contributed by atoms with Crippen molar-refractivity contribution < 1.29 is 6.85 Å². The average Bonchev–Trinajstić information content (AvgIpc) is 0.740. The van der Waals surface area contributed by atoms with E-state index in [0.29, 0.717) is 73.8 Å². The van der Waals surface area contributed by atoms with Gasteiger partial charge in [-0.15, -0.1) is 0 Å². The molecule has 484 valence electrons. The number of hydrogen-bond acceptors (Lipinski definition) is 8. The highest BCUT2D eigenvalue weighted by Gasteiger charge is 2.31. The molecule has 0 spiro atoms. The van der Waals surface area contributed by atoms with Crippen LogP contribution in [-0.2, 0) is 16.2 Å². The van der Waals surface area contributed by atoms with Crippen molar-refractivity contribution in [2.75, 3.05) is 9.80 Å². The Labute approximate surface area is 594 Å². The van der Waals surface area contributed by atoms with Crippen molar-refractivity contribution in [3.8, 4) is 102 Å². The molecular weight excluding hydrogens is 1230 g/mol. The minimum atomic E-state index is -0.480. The first-order valence-electron chi connectivity index (χ1n) is 35.9. The van der Waals surface area contributed by atoms with E-state index in [0.717, 1.165) is 78.1 Å². The monoisotopic (exact) mass is 1310 g/mol. The van der Waals surface area contributed by atoms with Gasteiger partial charge in [0.15, 0.2) is 34.9 Å². The van der Waals surface area contributed by atoms with E-state index in [9.17, 15) is 2.74 Å². The lowest BCUT2D eigenvalue weighted by Gasteiger charge is -2.34. The van der Waals surface area contributed by atoms with Crippen molar-refractivity contribution in [3.63, 3.8) is 0 Å². The minimum absolute atomic E-state index is 0.0583. The van der Waals surface area contributed by atoms with Gasteiger partial charge in [0.25, 0.3) is 0 Å². The summed E-state index contributed by atoms with van der Waals surface area (Å²) in [7, 11) is 0. The van der Waals surface area contributed by atoms with E-state index < -0.39 is 23.5 Å². The Morgan fingerprint density at radius 2 is 0.657 bits per heavy atom. The molecule has 12 aromatic carbocycles. The second-order valence-electron chi connectivity index (χ2n) is 27.9. The first kappa shape index (κ1) is 58.9. The highest BCUT2D eigenvalue weighted by molar-refractivity contribution is 6.31. The molecule has 8 nitrogen and oxygen atoms in total. The summed E-state index contributed by atoms with van der Waals surface area (Å²) in [4.78, 5) is 36.9. The highest BCUT2D eigenvalue weighted by Crippen LogP contribution is 2.52. The first-order valence-corrected chi connectivity index (χ1v) is 33.7. The molecule has 0 N–H and O–H groups in total. The molecule has 0 saturated heterocycles. The average molecular weight is 1310 g/mol. The number of aromatic nitrogens is 6. The number of rotatable bonds is 15. The van der Waals surface area contributed by atoms with Crippen LogP contribution in [0, 0.1) is 0 Å². The Hall–Kier alpha value is -11.5. The van der Waals surface area contributed by atoms with E-state index in [1.807, 2.05) is 164 Å². The molecule has 0 aliphatic heterocycles. The maximum atomic E-state index is 9.41. The van der Waals surface area contributed by atoms with Gasteiger partial charge in [0, 0.05) is 66.7 Å². The summed E-state index contributed by atoms with van der Waals surface area (Å²) >= 11 is 7.36. The molecular formula is C90H77ClN8. The summed E-state index contributed by atoms with van der Waals surface area (Å²) in [5.41, 5.74) is 15.0. The fourth-order valence-corrected chi connectivity index (χ4v) is 12.6. The summed E-state index contributed by atoms with van der Waals surface area (Å²) in [5.74, 6) is 2.79. The van der Waals surface area contributed by atoms with Gasteiger partial charge in [-0.25, -0.2) is 29.9 Å². The third-order valence-corrected chi connectivity index (χ3v) is 17.9. The molecule has 0 bridgehead atoms. The molecule has 99 heavy (non-hydrogen) atoms. The van der Waals surface area contributed by atoms with Crippen molar-refractivity contribution in [2.24, 2.45) is 0 Å². The van der Waals surface area contributed by atoms with Crippen molar-refractivity contribution >= 4 is 45.7 Å². The molecule has 0 amide bonds. The summed E-state index contributed by atoms with van der Waals surface area (Å²) in [6.07, 6.45) is 0. The molecule has 0 radical (unpaired) electrons. The van der Waals surface area contributed by atoms with Gasteiger partial charge in [-0.1, -0.05) is 304 Å². The van der Waals surface area contributed by atoms with Crippen LogP contribution < -0.4 is 9.80 Å². The van der Waals surface area contributed by atoms with Crippen LogP contribution in [-0.4, -0.2) is 29.9 Å². The van der Waals surface area contributed by atoms with Crippen LogP contribution >= 0.6 is 11.6 Å². The standard InChI is InChI=1S/C90H77ClN8/c1-88(2,3)69-45-28-43-66(51-69)68-53-75(98(73-47-29-44-67(52-73)60-31-16-10-17-32-60)80-50-49-70(89(4,5)6)55-78(80)86-94-82(62-35-20-12-21-36-62)92-83(95-86)63-37-22-13-23-38-63)59-76(54-68)99(74-48-30-46-72(91)58-74)81-77(61-33-18-11-19-34-61)56-71(90(7,8)9)57-79(81)87-96-84(64-39-24-14-25-40-64)93-85(97-87)65-41-26-15-27-42-65/h10-59H,1-9H3/i10D,16D,17D,31D,32D. The van der Waals surface area contributed by atoms with Gasteiger partial charge in [0.2, 0.25) is 0 Å². The zero-order valence-corrected chi connectivity index (χ0v) is 57.7. The number of benzene rings is 12. The molecule has 0 aliphatic rings. The lowest BCUT2D eigenvalue weighted by Crippen LogP contribution is -2.18. The number of nitrogens with zero attached hydrogens (tertiary/aromatic N) is 8. The highest BCUT2D eigenvalue weighted by atomic mass is 35.5. The first-order chi connectivity index (χ1) is 49.9. The zero-order valence-electron chi connectivity index (χ0n) is 61.9. The second kappa shape index (κ2) is 27.2. The largest absolute Gasteiger partial charge is 0.310 e. The van der Waals surface area contributed by atoms with E-state index in [1.54, 1.807) is 6.07 Å². The maximum Gasteiger partial charge on any atom is 0.166 e. The van der Waals surface area contributed by atoms with Gasteiger partial charge in [-0.3, -0.25) is 0 Å². The molecule has 0 saturated carbocycles. The molecule has 0 fully saturated rings. The quantitative estimate of drug-likeness (QED) is 0.100. The number of hydrogen-bond donors (Lipinski definition) is 0. The summed E-state index contributed by atoms with van der Waals surface area (Å²) in [5, 5.41) is 0.505. The maximum absolute atomic E-state index is 9.41. The normalized spacial score (nSPS) is 12.4. The molecule has 2 aromatic heterocycles. The Morgan fingerprint density at radius 1 is 0.273 bits per heavy atom. The minimum Gasteiger partial charge on any atom is -0.310 e. The van der Waals surface area contributed by atoms with E-state index >= 15 is 0 Å². The Bertz CT molecular complexity index is 5390. The molecule has 14 rings (SSSR count). The summed E-state index contributed by atoms with van der Waals surface area (Å²) in [6.45, 7) is 19.9. The molecule has 0 atom stereocenters. The molecule has 0 unspecified atom stereocenters. The lowest BCUT2D eigenvalue weighted by atomic mass is 9.82. The van der Waals surface area contributed by atoms with Gasteiger partial charge < -0.3 is 9.80 Å². The van der Waals surface area contributed by atoms with Gasteiger partial charge in [-0.2, -0.15) is 0 Å². The van der Waals surface area contributed by atoms with Crippen LogP contribution in [0.4, 0.5) is 34.1 Å². The summed E-state index contributed by atoms with van der Waals surface area (Å²) < 4.78 is 45.4. The molecule has 14 aromatic rings. The zero-order chi connectivity index (χ0) is 72.8. The van der Waals surface area contributed by atoms with Crippen LogP contribution in [0.1, 0.15) is 85.9 Å². The predicted molar refractivity (Wildman–Crippen MR) is 413 cm³/mol. The SMILES string of the molecule is [2H]c1c([2H])c([2H])c(-c2cccc(N(c3cc(-c4cccc(C(C)(C)C)c4)cc(N(c4cccc(Cl)c4)c4c(-c5ccccc5)cc(C(C)(C)C)cc4-c4nc(-c5ccccc5)nc(-c5ccccc5)n4)c3)c3ccc(C(C)(C)C)cc3-c3nc(-c4ccccc4)nc(-c4ccccc4)n3)c2)c([2H])c1[2H]. The summed E-state index contributed by atoms with van der Waals surface area (Å²) in [6, 6.07) is 90.1. The third kappa shape index (κ3) is 14.1. The van der Waals surface area contributed by atoms with Gasteiger partial charge >= 0.3 is 0 Å². The van der Waals surface area contributed by atoms with E-state index in [1.165, 1.54) is 0 Å². The van der Waals surface area contributed by atoms with E-state index in [2.05, 4.69) is 175 Å². The van der Waals surface area contributed by atoms with Gasteiger partial charge in [-0.05, 0) is 134 Å². The Morgan fingerprint density at radius 3 is 1.15 bits per heavy atom. The second-order valence-corrected chi connectivity index (χ2v) is 28.3. The van der Waals surface area contributed by atoms with Crippen LogP contribution in [0.5, 0.6) is 0 Å². The van der Waals surface area contributed by atoms with E-state index in [-0.39, 0.29) is 28.5 Å². The fourth-order valence-electron chi connectivity index (χ4n) is 12.4. The van der Waals surface area contributed by atoms with Crippen LogP contribution in [0.2, 0.25) is 5.02 Å². The van der Waals surface area contributed by atoms with Crippen LogP contribution in [0.15, 0.2) is 303 Å². The topological polar surface area (TPSA) is 83.8 Å². The molecule has 2 heterocycles. The number of anilines is 6. The Balaban J connectivity index is 1.15. The van der Waals surface area contributed by atoms with Crippen molar-refractivity contribution in [1.29, 1.82) is 0 Å². The van der Waals surface area contributed by atoms with Crippen LogP contribution in [0.3, 0.4) is 0 Å². The van der Waals surface area contributed by atoms with Crippen molar-refractivity contribution in [2.45, 2.75) is 78.6 Å². The van der Waals surface area contributed by atoms with Crippen molar-refractivity contribution in [3.05, 3.63) is 325 Å². The van der Waals surface area contributed by atoms with Gasteiger partial charge in [0.1, 0.15) is 0 Å². The Kier molecular flexibility index (Phi) is 16.2. The molecule has 9 heteroatoms. The van der Waals surface area contributed by atoms with Crippen LogP contribution in [0.25, 0.3) is 102 Å².